The van der Waals surface area contributed by atoms with Gasteiger partial charge in [-0.25, -0.2) is 4.79 Å². The fraction of sp³-hybridized carbons (Fsp3) is 0.526. The minimum absolute atomic E-state index is 0.000203. The molecule has 138 valence electrons. The van der Waals surface area contributed by atoms with Crippen molar-refractivity contribution in [2.75, 3.05) is 46.3 Å². The van der Waals surface area contributed by atoms with Gasteiger partial charge in [0.15, 0.2) is 0 Å². The lowest BCUT2D eigenvalue weighted by Crippen LogP contribution is -2.60. The first-order valence-electron chi connectivity index (χ1n) is 9.17. The van der Waals surface area contributed by atoms with Crippen LogP contribution in [-0.4, -0.2) is 89.8 Å². The predicted octanol–water partition coefficient (Wildman–Crippen LogP) is 0.266. The Hall–Kier alpha value is -2.57. The third-order valence-corrected chi connectivity index (χ3v) is 5.62. The zero-order valence-electron chi connectivity index (χ0n) is 15.0. The predicted molar refractivity (Wildman–Crippen MR) is 95.3 cm³/mol. The molecule has 4 amide bonds. The molecule has 3 heterocycles. The van der Waals surface area contributed by atoms with Gasteiger partial charge in [-0.15, -0.1) is 0 Å². The Kier molecular flexibility index (Phi) is 4.30. The summed E-state index contributed by atoms with van der Waals surface area (Å²) in [5, 5.41) is 0. The summed E-state index contributed by atoms with van der Waals surface area (Å²) in [6.45, 7) is 3.28. The van der Waals surface area contributed by atoms with Crippen LogP contribution in [0.3, 0.4) is 0 Å². The Labute approximate surface area is 153 Å². The number of benzene rings is 1. The molecule has 7 heteroatoms. The summed E-state index contributed by atoms with van der Waals surface area (Å²) in [5.41, 5.74) is 1.27. The molecule has 0 aromatic heterocycles. The number of nitrogens with zero attached hydrogens (tertiary/aromatic N) is 4. The van der Waals surface area contributed by atoms with Crippen molar-refractivity contribution >= 4 is 17.8 Å². The Balaban J connectivity index is 1.28. The highest BCUT2D eigenvalue weighted by atomic mass is 16.2. The van der Waals surface area contributed by atoms with E-state index in [1.54, 1.807) is 26.6 Å². The number of piperazine rings is 1. The van der Waals surface area contributed by atoms with Crippen LogP contribution in [0, 0.1) is 5.92 Å². The average molecular weight is 356 g/mol. The number of hydrogen-bond donors (Lipinski definition) is 0. The first kappa shape index (κ1) is 16.9. The van der Waals surface area contributed by atoms with Crippen molar-refractivity contribution in [2.24, 2.45) is 5.92 Å². The molecule has 1 aromatic rings. The van der Waals surface area contributed by atoms with Crippen molar-refractivity contribution in [1.29, 1.82) is 0 Å². The lowest BCUT2D eigenvalue weighted by atomic mass is 9.92. The topological polar surface area (TPSA) is 64.2 Å². The molecule has 3 saturated heterocycles. The Bertz CT molecular complexity index is 717. The lowest BCUT2D eigenvalue weighted by molar-refractivity contribution is -0.156. The molecule has 1 unspecified atom stereocenters. The molecule has 4 rings (SSSR count). The SMILES string of the molecule is CN1CC2CN(C(=O)C(=O)N3CC(Cc4ccccc4)C3)CCN2C1=O. The number of fused-ring (bicyclic) bond motifs is 1. The van der Waals surface area contributed by atoms with Gasteiger partial charge in [0.25, 0.3) is 0 Å². The molecular formula is C19H24N4O3. The molecule has 1 aromatic carbocycles. The third-order valence-electron chi connectivity index (χ3n) is 5.62. The van der Waals surface area contributed by atoms with E-state index >= 15 is 0 Å². The molecule has 3 fully saturated rings. The summed E-state index contributed by atoms with van der Waals surface area (Å²) in [6.07, 6.45) is 0.938. The first-order chi connectivity index (χ1) is 12.5. The van der Waals surface area contributed by atoms with Crippen LogP contribution in [0.5, 0.6) is 0 Å². The highest BCUT2D eigenvalue weighted by Gasteiger charge is 2.42. The number of hydrogen-bond acceptors (Lipinski definition) is 3. The Morgan fingerprint density at radius 3 is 2.38 bits per heavy atom. The summed E-state index contributed by atoms with van der Waals surface area (Å²) in [7, 11) is 1.77. The zero-order chi connectivity index (χ0) is 18.3. The van der Waals surface area contributed by atoms with Crippen molar-refractivity contribution < 1.29 is 14.4 Å². The van der Waals surface area contributed by atoms with Gasteiger partial charge < -0.3 is 19.6 Å². The number of rotatable bonds is 2. The second-order valence-electron chi connectivity index (χ2n) is 7.53. The summed E-state index contributed by atoms with van der Waals surface area (Å²) in [5.74, 6) is -0.405. The van der Waals surface area contributed by atoms with E-state index in [4.69, 9.17) is 0 Å². The molecule has 26 heavy (non-hydrogen) atoms. The number of likely N-dealkylation sites (tertiary alicyclic amines) is 1. The van der Waals surface area contributed by atoms with Crippen LogP contribution in [0.2, 0.25) is 0 Å². The number of urea groups is 1. The van der Waals surface area contributed by atoms with Crippen LogP contribution < -0.4 is 0 Å². The summed E-state index contributed by atoms with van der Waals surface area (Å²) < 4.78 is 0. The number of carbonyl (C=O) groups is 3. The average Bonchev–Trinajstić information content (AvgIpc) is 2.91. The van der Waals surface area contributed by atoms with Gasteiger partial charge in [0.05, 0.1) is 6.04 Å². The van der Waals surface area contributed by atoms with E-state index in [-0.39, 0.29) is 12.1 Å². The highest BCUT2D eigenvalue weighted by Crippen LogP contribution is 2.23. The minimum Gasteiger partial charge on any atom is -0.334 e. The molecule has 7 nitrogen and oxygen atoms in total. The fourth-order valence-electron chi connectivity index (χ4n) is 4.14. The van der Waals surface area contributed by atoms with Crippen molar-refractivity contribution in [3.8, 4) is 0 Å². The Morgan fingerprint density at radius 2 is 1.65 bits per heavy atom. The van der Waals surface area contributed by atoms with Crippen molar-refractivity contribution in [3.05, 3.63) is 35.9 Å². The molecule has 3 aliphatic rings. The van der Waals surface area contributed by atoms with Gasteiger partial charge in [-0.1, -0.05) is 30.3 Å². The van der Waals surface area contributed by atoms with Crippen molar-refractivity contribution in [1.82, 2.24) is 19.6 Å². The molecule has 0 aliphatic carbocycles. The minimum atomic E-state index is -0.426. The van der Waals surface area contributed by atoms with Gasteiger partial charge in [0.2, 0.25) is 0 Å². The van der Waals surface area contributed by atoms with E-state index in [0.29, 0.717) is 45.2 Å². The van der Waals surface area contributed by atoms with Crippen LogP contribution in [0.15, 0.2) is 30.3 Å². The van der Waals surface area contributed by atoms with E-state index in [9.17, 15) is 14.4 Å². The molecule has 3 aliphatic heterocycles. The van der Waals surface area contributed by atoms with Crippen LogP contribution in [0.1, 0.15) is 5.56 Å². The second kappa shape index (κ2) is 6.63. The highest BCUT2D eigenvalue weighted by molar-refractivity contribution is 6.35. The molecule has 1 atom stereocenters. The van der Waals surface area contributed by atoms with E-state index in [1.807, 2.05) is 18.2 Å². The number of amides is 4. The molecule has 0 spiro atoms. The summed E-state index contributed by atoms with van der Waals surface area (Å²) >= 11 is 0. The fourth-order valence-corrected chi connectivity index (χ4v) is 4.14. The molecule has 0 bridgehead atoms. The smallest absolute Gasteiger partial charge is 0.320 e. The summed E-state index contributed by atoms with van der Waals surface area (Å²) in [6, 6.07) is 10.2. The largest absolute Gasteiger partial charge is 0.334 e. The maximum atomic E-state index is 12.6. The Morgan fingerprint density at radius 1 is 0.962 bits per heavy atom. The monoisotopic (exact) mass is 356 g/mol. The van der Waals surface area contributed by atoms with Crippen molar-refractivity contribution in [2.45, 2.75) is 12.5 Å². The second-order valence-corrected chi connectivity index (χ2v) is 7.53. The summed E-state index contributed by atoms with van der Waals surface area (Å²) in [4.78, 5) is 43.8. The number of carbonyl (C=O) groups excluding carboxylic acids is 3. The van der Waals surface area contributed by atoms with Crippen LogP contribution in [0.4, 0.5) is 4.79 Å². The van der Waals surface area contributed by atoms with E-state index < -0.39 is 11.8 Å². The van der Waals surface area contributed by atoms with Gasteiger partial charge in [0, 0.05) is 46.3 Å². The van der Waals surface area contributed by atoms with Crippen LogP contribution in [0.25, 0.3) is 0 Å². The first-order valence-corrected chi connectivity index (χ1v) is 9.17. The van der Waals surface area contributed by atoms with Crippen molar-refractivity contribution in [3.63, 3.8) is 0 Å². The quantitative estimate of drug-likeness (QED) is 0.715. The van der Waals surface area contributed by atoms with Gasteiger partial charge in [-0.2, -0.15) is 0 Å². The van der Waals surface area contributed by atoms with Crippen LogP contribution >= 0.6 is 0 Å². The van der Waals surface area contributed by atoms with Gasteiger partial charge in [-0.3, -0.25) is 9.59 Å². The molecule has 0 N–H and O–H groups in total. The third kappa shape index (κ3) is 3.02. The van der Waals surface area contributed by atoms with E-state index in [0.717, 1.165) is 6.42 Å². The van der Waals surface area contributed by atoms with Gasteiger partial charge >= 0.3 is 17.8 Å². The maximum absolute atomic E-state index is 12.6. The number of likely N-dealkylation sites (N-methyl/N-ethyl adjacent to an activating group) is 1. The molecule has 0 saturated carbocycles. The maximum Gasteiger partial charge on any atom is 0.320 e. The van der Waals surface area contributed by atoms with Crippen LogP contribution in [-0.2, 0) is 16.0 Å². The van der Waals surface area contributed by atoms with Gasteiger partial charge in [0.1, 0.15) is 0 Å². The lowest BCUT2D eigenvalue weighted by Gasteiger charge is -2.41. The van der Waals surface area contributed by atoms with Gasteiger partial charge in [-0.05, 0) is 17.9 Å². The standard InChI is InChI=1S/C19H24N4O3/c1-20-12-16-13-21(7-8-23(16)19(20)26)17(24)18(25)22-10-15(11-22)9-14-5-3-2-4-6-14/h2-6,15-16H,7-13H2,1H3. The van der Waals surface area contributed by atoms with E-state index in [2.05, 4.69) is 12.1 Å². The zero-order valence-corrected chi connectivity index (χ0v) is 15.0. The molecular weight excluding hydrogens is 332 g/mol. The molecule has 0 radical (unpaired) electrons. The van der Waals surface area contributed by atoms with E-state index in [1.165, 1.54) is 5.56 Å². The normalized spacial score (nSPS) is 23.1.